The quantitative estimate of drug-likeness (QED) is 0.721. The first-order valence-electron chi connectivity index (χ1n) is 5.39. The lowest BCUT2D eigenvalue weighted by Crippen LogP contribution is -2.00. The van der Waals surface area contributed by atoms with Gasteiger partial charge in [0.2, 0.25) is 0 Å². The average Bonchev–Trinajstić information content (AvgIpc) is 2.17. The monoisotopic (exact) mass is 268 g/mol. The van der Waals surface area contributed by atoms with Crippen molar-refractivity contribution in [3.05, 3.63) is 34.3 Å². The predicted octanol–water partition coefficient (Wildman–Crippen LogP) is 4.46. The van der Waals surface area contributed by atoms with E-state index in [4.69, 9.17) is 0 Å². The summed E-state index contributed by atoms with van der Waals surface area (Å²) in [5.74, 6) is 0.917. The maximum Gasteiger partial charge on any atom is 0.164 e. The van der Waals surface area contributed by atoms with Gasteiger partial charge in [0.05, 0.1) is 0 Å². The highest BCUT2D eigenvalue weighted by atomic mass is 79.9. The fraction of sp³-hybridized carbons (Fsp3) is 0.462. The third kappa shape index (κ3) is 4.17. The number of halogens is 1. The summed E-state index contributed by atoms with van der Waals surface area (Å²) in [5.41, 5.74) is 0.807. The zero-order valence-corrected chi connectivity index (χ0v) is 10.9. The van der Waals surface area contributed by atoms with Gasteiger partial charge >= 0.3 is 0 Å². The van der Waals surface area contributed by atoms with Crippen molar-refractivity contribution in [2.45, 2.75) is 33.1 Å². The summed E-state index contributed by atoms with van der Waals surface area (Å²) in [6.45, 7) is 4.37. The number of carbonyl (C=O) groups is 1. The summed E-state index contributed by atoms with van der Waals surface area (Å²) < 4.78 is 0.902. The van der Waals surface area contributed by atoms with E-state index in [1.54, 1.807) is 0 Å². The van der Waals surface area contributed by atoms with Crippen molar-refractivity contribution in [3.63, 3.8) is 0 Å². The molecule has 0 amide bonds. The van der Waals surface area contributed by atoms with Gasteiger partial charge < -0.3 is 0 Å². The molecule has 1 nitrogen and oxygen atoms in total. The van der Waals surface area contributed by atoms with E-state index in [2.05, 4.69) is 29.8 Å². The van der Waals surface area contributed by atoms with Crippen LogP contribution < -0.4 is 0 Å². The molecule has 0 saturated heterocycles. The van der Waals surface area contributed by atoms with Crippen LogP contribution in [0.2, 0.25) is 0 Å². The molecule has 0 fully saturated rings. The first-order valence-corrected chi connectivity index (χ1v) is 6.18. The molecular weight excluding hydrogens is 252 g/mol. The summed E-state index contributed by atoms with van der Waals surface area (Å²) in [4.78, 5) is 11.8. The Morgan fingerprint density at radius 1 is 1.33 bits per heavy atom. The van der Waals surface area contributed by atoms with Gasteiger partial charge in [-0.15, -0.1) is 0 Å². The second-order valence-electron chi connectivity index (χ2n) is 4.19. The number of benzene rings is 1. The molecule has 15 heavy (non-hydrogen) atoms. The Bertz CT molecular complexity index is 331. The summed E-state index contributed by atoms with van der Waals surface area (Å²) in [5, 5.41) is 0. The third-order valence-corrected chi connectivity index (χ3v) is 3.05. The number of hydrogen-bond donors (Lipinski definition) is 0. The van der Waals surface area contributed by atoms with Crippen LogP contribution in [0, 0.1) is 5.92 Å². The summed E-state index contributed by atoms with van der Waals surface area (Å²) in [6.07, 6.45) is 2.76. The fourth-order valence-electron chi connectivity index (χ4n) is 1.49. The Morgan fingerprint density at radius 3 is 2.60 bits per heavy atom. The van der Waals surface area contributed by atoms with Gasteiger partial charge in [-0.1, -0.05) is 54.4 Å². The van der Waals surface area contributed by atoms with E-state index < -0.39 is 0 Å². The van der Waals surface area contributed by atoms with E-state index >= 15 is 0 Å². The van der Waals surface area contributed by atoms with Gasteiger partial charge in [-0.05, 0) is 18.4 Å². The topological polar surface area (TPSA) is 17.1 Å². The number of hydrogen-bond acceptors (Lipinski definition) is 1. The lowest BCUT2D eigenvalue weighted by molar-refractivity contribution is 0.0977. The van der Waals surface area contributed by atoms with Crippen LogP contribution in [0.1, 0.15) is 43.5 Å². The van der Waals surface area contributed by atoms with Gasteiger partial charge in [0.1, 0.15) is 0 Å². The van der Waals surface area contributed by atoms with Crippen LogP contribution in [0.3, 0.4) is 0 Å². The van der Waals surface area contributed by atoms with Gasteiger partial charge in [-0.3, -0.25) is 4.79 Å². The van der Waals surface area contributed by atoms with Crippen LogP contribution in [-0.4, -0.2) is 5.78 Å². The number of ketones is 1. The Labute approximate surface area is 100 Å². The van der Waals surface area contributed by atoms with Crippen LogP contribution in [0.15, 0.2) is 28.7 Å². The Hall–Kier alpha value is -0.630. The molecule has 0 saturated carbocycles. The molecule has 0 bridgehead atoms. The minimum atomic E-state index is 0.239. The lowest BCUT2D eigenvalue weighted by Gasteiger charge is -2.05. The molecule has 0 aliphatic carbocycles. The SMILES string of the molecule is CC(C)CCCC(=O)c1ccccc1Br. The third-order valence-electron chi connectivity index (χ3n) is 2.36. The molecule has 0 aliphatic heterocycles. The van der Waals surface area contributed by atoms with Gasteiger partial charge in [0.25, 0.3) is 0 Å². The minimum absolute atomic E-state index is 0.239. The van der Waals surface area contributed by atoms with Gasteiger partial charge in [0, 0.05) is 16.5 Å². The van der Waals surface area contributed by atoms with Crippen molar-refractivity contribution in [2.75, 3.05) is 0 Å². The highest BCUT2D eigenvalue weighted by Crippen LogP contribution is 2.19. The smallest absolute Gasteiger partial charge is 0.164 e. The zero-order valence-electron chi connectivity index (χ0n) is 9.29. The normalized spacial score (nSPS) is 10.7. The second-order valence-corrected chi connectivity index (χ2v) is 5.04. The summed E-state index contributed by atoms with van der Waals surface area (Å²) in [7, 11) is 0. The van der Waals surface area contributed by atoms with Crippen LogP contribution in [-0.2, 0) is 0 Å². The highest BCUT2D eigenvalue weighted by Gasteiger charge is 2.08. The second kappa shape index (κ2) is 6.06. The molecule has 0 spiro atoms. The molecule has 0 unspecified atom stereocenters. The first kappa shape index (κ1) is 12.4. The van der Waals surface area contributed by atoms with E-state index in [0.29, 0.717) is 12.3 Å². The zero-order chi connectivity index (χ0) is 11.3. The van der Waals surface area contributed by atoms with E-state index in [1.807, 2.05) is 24.3 Å². The highest BCUT2D eigenvalue weighted by molar-refractivity contribution is 9.10. The molecule has 0 radical (unpaired) electrons. The molecule has 0 aromatic heterocycles. The predicted molar refractivity (Wildman–Crippen MR) is 67.2 cm³/mol. The standard InChI is InChI=1S/C13H17BrO/c1-10(2)6-5-9-13(15)11-7-3-4-8-12(11)14/h3-4,7-8,10H,5-6,9H2,1-2H3. The van der Waals surface area contributed by atoms with E-state index in [0.717, 1.165) is 22.9 Å². The van der Waals surface area contributed by atoms with Crippen molar-refractivity contribution in [1.29, 1.82) is 0 Å². The van der Waals surface area contributed by atoms with Crippen molar-refractivity contribution in [2.24, 2.45) is 5.92 Å². The molecule has 1 aromatic carbocycles. The molecule has 0 heterocycles. The molecule has 0 atom stereocenters. The molecule has 1 aromatic rings. The van der Waals surface area contributed by atoms with Crippen molar-refractivity contribution < 1.29 is 4.79 Å². The molecule has 1 rings (SSSR count). The van der Waals surface area contributed by atoms with Crippen molar-refractivity contribution in [1.82, 2.24) is 0 Å². The average molecular weight is 269 g/mol. The number of Topliss-reactive ketones (excluding diaryl/α,β-unsaturated/α-hetero) is 1. The maximum atomic E-state index is 11.8. The largest absolute Gasteiger partial charge is 0.294 e. The molecule has 0 aliphatic rings. The number of carbonyl (C=O) groups excluding carboxylic acids is 1. The van der Waals surface area contributed by atoms with Crippen LogP contribution in [0.5, 0.6) is 0 Å². The summed E-state index contributed by atoms with van der Waals surface area (Å²) in [6, 6.07) is 7.62. The van der Waals surface area contributed by atoms with Gasteiger partial charge in [-0.2, -0.15) is 0 Å². The Balaban J connectivity index is 2.51. The fourth-order valence-corrected chi connectivity index (χ4v) is 2.00. The lowest BCUT2D eigenvalue weighted by atomic mass is 10.0. The van der Waals surface area contributed by atoms with Crippen LogP contribution >= 0.6 is 15.9 Å². The van der Waals surface area contributed by atoms with Crippen LogP contribution in [0.4, 0.5) is 0 Å². The van der Waals surface area contributed by atoms with Crippen molar-refractivity contribution >= 4 is 21.7 Å². The van der Waals surface area contributed by atoms with Gasteiger partial charge in [-0.25, -0.2) is 0 Å². The van der Waals surface area contributed by atoms with E-state index in [-0.39, 0.29) is 5.78 Å². The van der Waals surface area contributed by atoms with Gasteiger partial charge in [0.15, 0.2) is 5.78 Å². The number of rotatable bonds is 5. The van der Waals surface area contributed by atoms with E-state index in [1.165, 1.54) is 0 Å². The first-order chi connectivity index (χ1) is 7.11. The summed E-state index contributed by atoms with van der Waals surface area (Å²) >= 11 is 3.40. The van der Waals surface area contributed by atoms with Crippen LogP contribution in [0.25, 0.3) is 0 Å². The maximum absolute atomic E-state index is 11.8. The molecule has 82 valence electrons. The molecule has 2 heteroatoms. The van der Waals surface area contributed by atoms with E-state index in [9.17, 15) is 4.79 Å². The molecular formula is C13H17BrO. The molecule has 0 N–H and O–H groups in total. The Kier molecular flexibility index (Phi) is 5.03. The van der Waals surface area contributed by atoms with Crippen molar-refractivity contribution in [3.8, 4) is 0 Å². The Morgan fingerprint density at radius 2 is 2.00 bits per heavy atom. The minimum Gasteiger partial charge on any atom is -0.294 e.